The van der Waals surface area contributed by atoms with Crippen molar-refractivity contribution in [2.45, 2.75) is 69.8 Å². The number of carbonyl (C=O) groups is 1. The first-order valence-electron chi connectivity index (χ1n) is 8.81. The molecule has 0 radical (unpaired) electrons. The standard InChI is InChI=1S/C17H32N2O3/c1-22-12-11-16(7-5-6-8-16)13-18-15(20)19-14-17(21)9-3-2-4-10-17/h21H,2-14H2,1H3,(H2,18,19,20). The number of aliphatic hydroxyl groups is 1. The smallest absolute Gasteiger partial charge is 0.314 e. The van der Waals surface area contributed by atoms with Gasteiger partial charge in [-0.25, -0.2) is 4.79 Å². The summed E-state index contributed by atoms with van der Waals surface area (Å²) in [5, 5.41) is 16.3. The molecule has 3 N–H and O–H groups in total. The topological polar surface area (TPSA) is 70.6 Å². The van der Waals surface area contributed by atoms with Gasteiger partial charge in [0.2, 0.25) is 0 Å². The summed E-state index contributed by atoms with van der Waals surface area (Å²) in [6.45, 7) is 1.83. The first-order chi connectivity index (χ1) is 10.6. The van der Waals surface area contributed by atoms with Crippen molar-refractivity contribution in [1.29, 1.82) is 0 Å². The van der Waals surface area contributed by atoms with E-state index in [9.17, 15) is 9.90 Å². The summed E-state index contributed by atoms with van der Waals surface area (Å²) in [4.78, 5) is 12.0. The number of hydrogen-bond acceptors (Lipinski definition) is 3. The Labute approximate surface area is 134 Å². The first-order valence-corrected chi connectivity index (χ1v) is 8.81. The fraction of sp³-hybridized carbons (Fsp3) is 0.941. The highest BCUT2D eigenvalue weighted by Crippen LogP contribution is 2.40. The Balaban J connectivity index is 1.71. The van der Waals surface area contributed by atoms with E-state index in [4.69, 9.17) is 4.74 Å². The second kappa shape index (κ2) is 8.16. The van der Waals surface area contributed by atoms with E-state index in [2.05, 4.69) is 10.6 Å². The minimum Gasteiger partial charge on any atom is -0.388 e. The van der Waals surface area contributed by atoms with Crippen molar-refractivity contribution in [3.05, 3.63) is 0 Å². The molecule has 0 unspecified atom stereocenters. The van der Waals surface area contributed by atoms with E-state index in [-0.39, 0.29) is 11.4 Å². The molecule has 0 aromatic rings. The average Bonchev–Trinajstić information content (AvgIpc) is 2.99. The summed E-state index contributed by atoms with van der Waals surface area (Å²) in [6.07, 6.45) is 10.7. The molecule has 22 heavy (non-hydrogen) atoms. The molecule has 2 saturated carbocycles. The van der Waals surface area contributed by atoms with Crippen LogP contribution < -0.4 is 10.6 Å². The highest BCUT2D eigenvalue weighted by Gasteiger charge is 2.34. The van der Waals surface area contributed by atoms with E-state index in [1.807, 2.05) is 0 Å². The zero-order valence-electron chi connectivity index (χ0n) is 14.0. The highest BCUT2D eigenvalue weighted by atomic mass is 16.5. The Bertz CT molecular complexity index is 348. The maximum atomic E-state index is 12.0. The molecule has 2 amide bonds. The number of ether oxygens (including phenoxy) is 1. The third kappa shape index (κ3) is 5.13. The maximum Gasteiger partial charge on any atom is 0.314 e. The molecule has 5 nitrogen and oxygen atoms in total. The predicted octanol–water partition coefficient (Wildman–Crippen LogP) is 2.58. The lowest BCUT2D eigenvalue weighted by Crippen LogP contribution is -2.49. The Hall–Kier alpha value is -0.810. The molecular formula is C17H32N2O3. The molecule has 0 aromatic heterocycles. The number of nitrogens with one attached hydrogen (secondary N) is 2. The van der Waals surface area contributed by atoms with Crippen molar-refractivity contribution in [2.75, 3.05) is 26.8 Å². The monoisotopic (exact) mass is 312 g/mol. The summed E-state index contributed by atoms with van der Waals surface area (Å²) in [7, 11) is 1.73. The molecule has 2 rings (SSSR count). The Morgan fingerprint density at radius 2 is 1.59 bits per heavy atom. The third-order valence-corrected chi connectivity index (χ3v) is 5.49. The summed E-state index contributed by atoms with van der Waals surface area (Å²) >= 11 is 0. The molecule has 2 fully saturated rings. The molecule has 5 heteroatoms. The van der Waals surface area contributed by atoms with Crippen molar-refractivity contribution in [3.8, 4) is 0 Å². The molecule has 0 spiro atoms. The van der Waals surface area contributed by atoms with Crippen LogP contribution in [0.2, 0.25) is 0 Å². The van der Waals surface area contributed by atoms with Gasteiger partial charge in [-0.3, -0.25) is 0 Å². The van der Waals surface area contributed by atoms with Crippen molar-refractivity contribution in [2.24, 2.45) is 5.41 Å². The van der Waals surface area contributed by atoms with Crippen molar-refractivity contribution in [1.82, 2.24) is 10.6 Å². The van der Waals surface area contributed by atoms with Crippen LogP contribution in [0.4, 0.5) is 4.79 Å². The summed E-state index contributed by atoms with van der Waals surface area (Å²) in [6, 6.07) is -0.150. The molecule has 0 bridgehead atoms. The lowest BCUT2D eigenvalue weighted by molar-refractivity contribution is 0.00711. The van der Waals surface area contributed by atoms with Crippen molar-refractivity contribution >= 4 is 6.03 Å². The van der Waals surface area contributed by atoms with Crippen LogP contribution in [0.3, 0.4) is 0 Å². The molecule has 0 aromatic carbocycles. The maximum absolute atomic E-state index is 12.0. The van der Waals surface area contributed by atoms with Crippen molar-refractivity contribution < 1.29 is 14.6 Å². The second-order valence-electron chi connectivity index (χ2n) is 7.27. The predicted molar refractivity (Wildman–Crippen MR) is 86.8 cm³/mol. The minimum atomic E-state index is -0.698. The van der Waals surface area contributed by atoms with Gasteiger partial charge in [0, 0.05) is 26.8 Å². The number of rotatable bonds is 7. The van der Waals surface area contributed by atoms with Gasteiger partial charge >= 0.3 is 6.03 Å². The molecule has 0 atom stereocenters. The zero-order chi connectivity index (χ0) is 15.9. The molecular weight excluding hydrogens is 280 g/mol. The van der Waals surface area contributed by atoms with Gasteiger partial charge in [0.1, 0.15) is 0 Å². The van der Waals surface area contributed by atoms with E-state index in [0.717, 1.165) is 38.7 Å². The number of carbonyl (C=O) groups excluding carboxylic acids is 1. The van der Waals surface area contributed by atoms with Crippen LogP contribution >= 0.6 is 0 Å². The number of urea groups is 1. The van der Waals surface area contributed by atoms with E-state index in [0.29, 0.717) is 13.1 Å². The number of hydrogen-bond donors (Lipinski definition) is 3. The molecule has 0 heterocycles. The Kier molecular flexibility index (Phi) is 6.50. The van der Waals surface area contributed by atoms with Crippen LogP contribution in [0.25, 0.3) is 0 Å². The van der Waals surface area contributed by atoms with E-state index >= 15 is 0 Å². The van der Waals surface area contributed by atoms with E-state index in [1.54, 1.807) is 7.11 Å². The fourth-order valence-electron chi connectivity index (χ4n) is 3.92. The number of methoxy groups -OCH3 is 1. The largest absolute Gasteiger partial charge is 0.388 e. The van der Waals surface area contributed by atoms with Gasteiger partial charge in [-0.05, 0) is 37.5 Å². The second-order valence-corrected chi connectivity index (χ2v) is 7.27. The zero-order valence-corrected chi connectivity index (χ0v) is 14.0. The quantitative estimate of drug-likeness (QED) is 0.676. The third-order valence-electron chi connectivity index (χ3n) is 5.49. The highest BCUT2D eigenvalue weighted by molar-refractivity contribution is 5.73. The minimum absolute atomic E-state index is 0.150. The molecule has 0 aliphatic heterocycles. The van der Waals surface area contributed by atoms with Gasteiger partial charge in [-0.15, -0.1) is 0 Å². The summed E-state index contributed by atoms with van der Waals surface area (Å²) in [5.74, 6) is 0. The average molecular weight is 312 g/mol. The van der Waals surface area contributed by atoms with Crippen LogP contribution in [-0.4, -0.2) is 43.5 Å². The van der Waals surface area contributed by atoms with Gasteiger partial charge in [0.15, 0.2) is 0 Å². The van der Waals surface area contributed by atoms with Gasteiger partial charge in [-0.1, -0.05) is 32.1 Å². The van der Waals surface area contributed by atoms with Gasteiger partial charge in [-0.2, -0.15) is 0 Å². The normalized spacial score (nSPS) is 23.2. The fourth-order valence-corrected chi connectivity index (χ4v) is 3.92. The Morgan fingerprint density at radius 1 is 1.00 bits per heavy atom. The van der Waals surface area contributed by atoms with Crippen LogP contribution in [-0.2, 0) is 4.74 Å². The van der Waals surface area contributed by atoms with Gasteiger partial charge < -0.3 is 20.5 Å². The molecule has 0 saturated heterocycles. The lowest BCUT2D eigenvalue weighted by atomic mass is 9.83. The van der Waals surface area contributed by atoms with Crippen LogP contribution in [0.5, 0.6) is 0 Å². The van der Waals surface area contributed by atoms with E-state index in [1.165, 1.54) is 32.1 Å². The van der Waals surface area contributed by atoms with E-state index < -0.39 is 5.60 Å². The van der Waals surface area contributed by atoms with Gasteiger partial charge in [0.05, 0.1) is 5.60 Å². The lowest BCUT2D eigenvalue weighted by Gasteiger charge is -2.33. The van der Waals surface area contributed by atoms with Crippen LogP contribution in [0, 0.1) is 5.41 Å². The van der Waals surface area contributed by atoms with Gasteiger partial charge in [0.25, 0.3) is 0 Å². The number of amides is 2. The molecule has 2 aliphatic carbocycles. The Morgan fingerprint density at radius 3 is 2.23 bits per heavy atom. The van der Waals surface area contributed by atoms with Crippen LogP contribution in [0.1, 0.15) is 64.2 Å². The summed E-state index contributed by atoms with van der Waals surface area (Å²) < 4.78 is 5.21. The summed E-state index contributed by atoms with van der Waals surface area (Å²) in [5.41, 5.74) is -0.494. The van der Waals surface area contributed by atoms with Crippen LogP contribution in [0.15, 0.2) is 0 Å². The SMILES string of the molecule is COCCC1(CNC(=O)NCC2(O)CCCCC2)CCCC1. The molecule has 128 valence electrons. The van der Waals surface area contributed by atoms with Crippen molar-refractivity contribution in [3.63, 3.8) is 0 Å². The first kappa shape index (κ1) is 17.5. The molecule has 2 aliphatic rings.